The Kier molecular flexibility index (Phi) is 5.45. The van der Waals surface area contributed by atoms with Crippen molar-refractivity contribution >= 4 is 5.78 Å². The molecular formula is C21H21NO5. The zero-order valence-electron chi connectivity index (χ0n) is 15.2. The summed E-state index contributed by atoms with van der Waals surface area (Å²) in [5.74, 6) is -0.0448. The normalized spacial score (nSPS) is 10.9. The number of hydrogen-bond acceptors (Lipinski definition) is 6. The van der Waals surface area contributed by atoms with Gasteiger partial charge in [0.05, 0.1) is 6.20 Å². The second-order valence-corrected chi connectivity index (χ2v) is 6.68. The molecule has 0 aliphatic carbocycles. The quantitative estimate of drug-likeness (QED) is 0.595. The first-order chi connectivity index (χ1) is 13.0. The second-order valence-electron chi connectivity index (χ2n) is 6.68. The lowest BCUT2D eigenvalue weighted by Crippen LogP contribution is -2.07. The molecule has 0 saturated carbocycles. The van der Waals surface area contributed by atoms with Crippen LogP contribution in [0.1, 0.15) is 36.4 Å². The third kappa shape index (κ3) is 4.28. The molecule has 3 rings (SSSR count). The number of ether oxygens (including phenoxy) is 1. The smallest absolute Gasteiger partial charge is 0.181 e. The highest BCUT2D eigenvalue weighted by Gasteiger charge is 2.21. The van der Waals surface area contributed by atoms with E-state index < -0.39 is 0 Å². The molecule has 0 amide bonds. The maximum atomic E-state index is 12.5. The summed E-state index contributed by atoms with van der Waals surface area (Å²) in [4.78, 5) is 12.5. The van der Waals surface area contributed by atoms with E-state index in [0.29, 0.717) is 5.76 Å². The lowest BCUT2D eigenvalue weighted by molar-refractivity contribution is 0.0959. The summed E-state index contributed by atoms with van der Waals surface area (Å²) in [5, 5.41) is 23.8. The van der Waals surface area contributed by atoms with Crippen LogP contribution in [0.15, 0.2) is 53.2 Å². The molecule has 140 valence electrons. The number of benzene rings is 2. The summed E-state index contributed by atoms with van der Waals surface area (Å²) >= 11 is 0. The van der Waals surface area contributed by atoms with E-state index in [0.717, 1.165) is 17.2 Å². The maximum Gasteiger partial charge on any atom is 0.181 e. The van der Waals surface area contributed by atoms with Crippen LogP contribution in [0.4, 0.5) is 0 Å². The Morgan fingerprint density at radius 1 is 1.19 bits per heavy atom. The molecule has 1 aromatic heterocycles. The van der Waals surface area contributed by atoms with Crippen LogP contribution >= 0.6 is 0 Å². The Bertz CT molecular complexity index is 931. The minimum atomic E-state index is -0.309. The Balaban J connectivity index is 1.87. The number of ketones is 1. The summed E-state index contributed by atoms with van der Waals surface area (Å²) in [6, 6.07) is 12.0. The Labute approximate surface area is 157 Å². The monoisotopic (exact) mass is 367 g/mol. The number of rotatable bonds is 7. The van der Waals surface area contributed by atoms with Gasteiger partial charge >= 0.3 is 0 Å². The van der Waals surface area contributed by atoms with Gasteiger partial charge in [-0.1, -0.05) is 49.3 Å². The van der Waals surface area contributed by atoms with Gasteiger partial charge in [0.2, 0.25) is 0 Å². The highest BCUT2D eigenvalue weighted by molar-refractivity contribution is 6.01. The number of aromatic hydroxyl groups is 2. The van der Waals surface area contributed by atoms with Crippen LogP contribution in [0.5, 0.6) is 17.2 Å². The third-order valence-corrected chi connectivity index (χ3v) is 4.03. The van der Waals surface area contributed by atoms with Gasteiger partial charge in [-0.25, -0.2) is 0 Å². The molecule has 0 aliphatic heterocycles. The second kappa shape index (κ2) is 7.95. The fourth-order valence-electron chi connectivity index (χ4n) is 2.82. The molecule has 0 atom stereocenters. The van der Waals surface area contributed by atoms with E-state index in [4.69, 9.17) is 9.26 Å². The van der Waals surface area contributed by atoms with Crippen molar-refractivity contribution in [3.05, 3.63) is 60.0 Å². The molecular weight excluding hydrogens is 346 g/mol. The lowest BCUT2D eigenvalue weighted by atomic mass is 9.99. The molecule has 0 fully saturated rings. The molecule has 1 heterocycles. The van der Waals surface area contributed by atoms with E-state index in [1.165, 1.54) is 6.07 Å². The highest BCUT2D eigenvalue weighted by atomic mass is 16.5. The Hall–Kier alpha value is -3.28. The van der Waals surface area contributed by atoms with Crippen molar-refractivity contribution in [1.29, 1.82) is 0 Å². The van der Waals surface area contributed by atoms with E-state index in [-0.39, 0.29) is 47.5 Å². The van der Waals surface area contributed by atoms with Crippen molar-refractivity contribution < 1.29 is 24.3 Å². The molecule has 0 aliphatic rings. The molecule has 0 saturated heterocycles. The topological polar surface area (TPSA) is 92.8 Å². The van der Waals surface area contributed by atoms with Crippen molar-refractivity contribution in [2.75, 3.05) is 0 Å². The summed E-state index contributed by atoms with van der Waals surface area (Å²) in [6.07, 6.45) is 1.85. The Morgan fingerprint density at radius 3 is 2.63 bits per heavy atom. The predicted octanol–water partition coefficient (Wildman–Crippen LogP) is 4.56. The van der Waals surface area contributed by atoms with E-state index in [9.17, 15) is 15.0 Å². The van der Waals surface area contributed by atoms with Crippen LogP contribution in [0, 0.1) is 5.92 Å². The number of carbonyl (C=O) groups is 1. The molecule has 0 radical (unpaired) electrons. The molecule has 0 unspecified atom stereocenters. The average Bonchev–Trinajstić information content (AvgIpc) is 3.08. The molecule has 3 aromatic rings. The zero-order chi connectivity index (χ0) is 19.4. The van der Waals surface area contributed by atoms with Gasteiger partial charge in [-0.3, -0.25) is 4.79 Å². The summed E-state index contributed by atoms with van der Waals surface area (Å²) in [7, 11) is 0. The molecule has 0 bridgehead atoms. The highest BCUT2D eigenvalue weighted by Crippen LogP contribution is 2.35. The first-order valence-corrected chi connectivity index (χ1v) is 8.66. The van der Waals surface area contributed by atoms with Crippen molar-refractivity contribution in [2.45, 2.75) is 26.9 Å². The fourth-order valence-corrected chi connectivity index (χ4v) is 2.82. The van der Waals surface area contributed by atoms with Crippen LogP contribution in [0.2, 0.25) is 0 Å². The summed E-state index contributed by atoms with van der Waals surface area (Å²) in [6.45, 7) is 3.82. The van der Waals surface area contributed by atoms with Gasteiger partial charge in [0.1, 0.15) is 29.4 Å². The molecule has 6 nitrogen and oxygen atoms in total. The van der Waals surface area contributed by atoms with Gasteiger partial charge in [0.15, 0.2) is 11.5 Å². The minimum Gasteiger partial charge on any atom is -0.508 e. The standard InChI is InChI=1S/C21H21NO5/c1-13(2)8-17(24)21-18(25)9-15(23)10-19(21)26-12-20-16(11-22-27-20)14-6-4-3-5-7-14/h3-7,9-11,13,23,25H,8,12H2,1-2H3. The Morgan fingerprint density at radius 2 is 1.93 bits per heavy atom. The first kappa shape index (κ1) is 18.5. The summed E-state index contributed by atoms with van der Waals surface area (Å²) in [5.41, 5.74) is 1.75. The van der Waals surface area contributed by atoms with Crippen LogP contribution in [0.3, 0.4) is 0 Å². The average molecular weight is 367 g/mol. The van der Waals surface area contributed by atoms with Crippen molar-refractivity contribution in [1.82, 2.24) is 5.16 Å². The fraction of sp³-hybridized carbons (Fsp3) is 0.238. The number of carbonyl (C=O) groups excluding carboxylic acids is 1. The van der Waals surface area contributed by atoms with Gasteiger partial charge in [0.25, 0.3) is 0 Å². The molecule has 6 heteroatoms. The van der Waals surface area contributed by atoms with Gasteiger partial charge in [-0.15, -0.1) is 0 Å². The van der Waals surface area contributed by atoms with Crippen molar-refractivity contribution in [3.8, 4) is 28.4 Å². The molecule has 0 spiro atoms. The number of nitrogens with zero attached hydrogens (tertiary/aromatic N) is 1. The van der Waals surface area contributed by atoms with Crippen LogP contribution in [-0.4, -0.2) is 21.2 Å². The van der Waals surface area contributed by atoms with E-state index in [2.05, 4.69) is 5.16 Å². The van der Waals surface area contributed by atoms with Gasteiger partial charge in [-0.2, -0.15) is 0 Å². The van der Waals surface area contributed by atoms with E-state index in [1.807, 2.05) is 44.2 Å². The number of phenolic OH excluding ortho intramolecular Hbond substituents is 2. The zero-order valence-corrected chi connectivity index (χ0v) is 15.2. The van der Waals surface area contributed by atoms with Crippen LogP contribution in [-0.2, 0) is 6.61 Å². The minimum absolute atomic E-state index is 0.00488. The van der Waals surface area contributed by atoms with Gasteiger partial charge < -0.3 is 19.5 Å². The number of hydrogen-bond donors (Lipinski definition) is 2. The number of phenols is 2. The molecule has 2 N–H and O–H groups in total. The molecule has 27 heavy (non-hydrogen) atoms. The van der Waals surface area contributed by atoms with Crippen molar-refractivity contribution in [3.63, 3.8) is 0 Å². The van der Waals surface area contributed by atoms with Crippen LogP contribution < -0.4 is 4.74 Å². The lowest BCUT2D eigenvalue weighted by Gasteiger charge is -2.13. The molecule has 2 aromatic carbocycles. The first-order valence-electron chi connectivity index (χ1n) is 8.66. The third-order valence-electron chi connectivity index (χ3n) is 4.03. The number of Topliss-reactive ketones (excluding diaryl/α,β-unsaturated/α-hetero) is 1. The van der Waals surface area contributed by atoms with Gasteiger partial charge in [-0.05, 0) is 11.5 Å². The van der Waals surface area contributed by atoms with Crippen molar-refractivity contribution in [2.24, 2.45) is 5.92 Å². The predicted molar refractivity (Wildman–Crippen MR) is 99.8 cm³/mol. The SMILES string of the molecule is CC(C)CC(=O)c1c(O)cc(O)cc1OCc1oncc1-c1ccccc1. The van der Waals surface area contributed by atoms with Gasteiger partial charge in [0, 0.05) is 24.1 Å². The van der Waals surface area contributed by atoms with E-state index in [1.54, 1.807) is 6.20 Å². The number of aromatic nitrogens is 1. The summed E-state index contributed by atoms with van der Waals surface area (Å²) < 4.78 is 11.0. The van der Waals surface area contributed by atoms with E-state index >= 15 is 0 Å². The van der Waals surface area contributed by atoms with Crippen LogP contribution in [0.25, 0.3) is 11.1 Å². The largest absolute Gasteiger partial charge is 0.508 e. The maximum absolute atomic E-state index is 12.5.